The van der Waals surface area contributed by atoms with Gasteiger partial charge in [-0.1, -0.05) is 23.5 Å². The molecule has 20 heavy (non-hydrogen) atoms. The van der Waals surface area contributed by atoms with Crippen molar-refractivity contribution in [1.82, 2.24) is 9.97 Å². The number of nitrogens with zero attached hydrogens (tertiary/aromatic N) is 2. The van der Waals surface area contributed by atoms with Gasteiger partial charge in [0.1, 0.15) is 10.8 Å². The van der Waals surface area contributed by atoms with Crippen molar-refractivity contribution < 1.29 is 8.42 Å². The molecule has 0 bridgehead atoms. The quantitative estimate of drug-likeness (QED) is 0.524. The number of aromatic nitrogens is 2. The summed E-state index contributed by atoms with van der Waals surface area (Å²) in [7, 11) is -3.17. The molecule has 0 aliphatic rings. The topological polar surface area (TPSA) is 85.9 Å². The van der Waals surface area contributed by atoms with Crippen molar-refractivity contribution in [2.75, 3.05) is 18.2 Å². The molecular formula is C12H13N3O2S3. The number of rotatable bonds is 4. The highest BCUT2D eigenvalue weighted by Crippen LogP contribution is 2.29. The number of sulfone groups is 1. The molecule has 0 fully saturated rings. The summed E-state index contributed by atoms with van der Waals surface area (Å²) in [5, 5.41) is 1.34. The molecule has 1 aromatic carbocycles. The predicted octanol–water partition coefficient (Wildman–Crippen LogP) is 2.34. The van der Waals surface area contributed by atoms with E-state index in [4.69, 9.17) is 5.73 Å². The summed E-state index contributed by atoms with van der Waals surface area (Å²) in [6, 6.07) is 8.35. The van der Waals surface area contributed by atoms with Crippen LogP contribution >= 0.6 is 23.5 Å². The maximum atomic E-state index is 11.4. The monoisotopic (exact) mass is 327 g/mol. The van der Waals surface area contributed by atoms with E-state index in [1.165, 1.54) is 29.8 Å². The number of thioether (sulfide) groups is 1. The Bertz CT molecular complexity index is 715. The lowest BCUT2D eigenvalue weighted by Crippen LogP contribution is -1.97. The van der Waals surface area contributed by atoms with Crippen molar-refractivity contribution in [2.45, 2.75) is 20.0 Å². The van der Waals surface area contributed by atoms with Crippen LogP contribution in [0.1, 0.15) is 0 Å². The first-order valence-corrected chi connectivity index (χ1v) is 9.48. The maximum absolute atomic E-state index is 11.4. The molecule has 0 saturated heterocycles. The van der Waals surface area contributed by atoms with Gasteiger partial charge in [-0.25, -0.2) is 18.4 Å². The lowest BCUT2D eigenvalue weighted by atomic mass is 10.4. The third kappa shape index (κ3) is 3.87. The third-order valence-corrected chi connectivity index (χ3v) is 4.96. The van der Waals surface area contributed by atoms with Gasteiger partial charge >= 0.3 is 0 Å². The van der Waals surface area contributed by atoms with E-state index in [0.717, 1.165) is 9.92 Å². The van der Waals surface area contributed by atoms with E-state index in [-0.39, 0.29) is 0 Å². The van der Waals surface area contributed by atoms with E-state index in [1.807, 2.05) is 6.26 Å². The molecule has 0 aliphatic heterocycles. The second kappa shape index (κ2) is 6.02. The first kappa shape index (κ1) is 15.1. The van der Waals surface area contributed by atoms with Crippen molar-refractivity contribution in [3.8, 4) is 0 Å². The standard InChI is InChI=1S/C12H13N3O2S3/c1-18-12-14-10(13)7-11(15-12)19-8-3-5-9(6-4-8)20(2,16)17/h3-7H,1-2H3,(H2,13,14,15). The molecule has 0 radical (unpaired) electrons. The number of nitrogens with two attached hydrogens (primary N) is 1. The Hall–Kier alpha value is -1.25. The molecule has 2 aromatic rings. The molecule has 1 aromatic heterocycles. The molecule has 106 valence electrons. The van der Waals surface area contributed by atoms with E-state index in [0.29, 0.717) is 15.9 Å². The lowest BCUT2D eigenvalue weighted by molar-refractivity contribution is 0.602. The van der Waals surface area contributed by atoms with E-state index in [9.17, 15) is 8.42 Å². The van der Waals surface area contributed by atoms with Crippen LogP contribution in [0.5, 0.6) is 0 Å². The summed E-state index contributed by atoms with van der Waals surface area (Å²) in [5.41, 5.74) is 5.71. The van der Waals surface area contributed by atoms with Crippen LogP contribution in [0.3, 0.4) is 0 Å². The van der Waals surface area contributed by atoms with E-state index in [1.54, 1.807) is 30.3 Å². The SMILES string of the molecule is CSc1nc(N)cc(Sc2ccc(S(C)(=O)=O)cc2)n1. The fourth-order valence-corrected chi connectivity index (χ4v) is 3.34. The van der Waals surface area contributed by atoms with Crippen LogP contribution in [0.2, 0.25) is 0 Å². The number of hydrogen-bond acceptors (Lipinski definition) is 7. The smallest absolute Gasteiger partial charge is 0.190 e. The Morgan fingerprint density at radius 1 is 1.15 bits per heavy atom. The molecule has 0 amide bonds. The summed E-state index contributed by atoms with van der Waals surface area (Å²) in [5.74, 6) is 0.416. The van der Waals surface area contributed by atoms with Crippen molar-refractivity contribution in [3.63, 3.8) is 0 Å². The van der Waals surface area contributed by atoms with Crippen LogP contribution in [0.25, 0.3) is 0 Å². The average Bonchev–Trinajstić information content (AvgIpc) is 2.37. The second-order valence-corrected chi connectivity index (χ2v) is 7.85. The summed E-state index contributed by atoms with van der Waals surface area (Å²) in [6.45, 7) is 0. The fraction of sp³-hybridized carbons (Fsp3) is 0.167. The van der Waals surface area contributed by atoms with E-state index in [2.05, 4.69) is 9.97 Å². The van der Waals surface area contributed by atoms with Crippen LogP contribution in [0.4, 0.5) is 5.82 Å². The largest absolute Gasteiger partial charge is 0.384 e. The van der Waals surface area contributed by atoms with Crippen LogP contribution in [-0.4, -0.2) is 30.9 Å². The fourth-order valence-electron chi connectivity index (χ4n) is 1.44. The van der Waals surface area contributed by atoms with Gasteiger partial charge in [0.05, 0.1) is 4.90 Å². The first-order valence-electron chi connectivity index (χ1n) is 5.55. The maximum Gasteiger partial charge on any atom is 0.190 e. The molecule has 1 heterocycles. The number of benzene rings is 1. The molecule has 2 N–H and O–H groups in total. The minimum atomic E-state index is -3.17. The summed E-state index contributed by atoms with van der Waals surface area (Å²) in [4.78, 5) is 9.60. The van der Waals surface area contributed by atoms with Gasteiger partial charge in [-0.15, -0.1) is 0 Å². The molecule has 0 atom stereocenters. The zero-order valence-corrected chi connectivity index (χ0v) is 13.3. The summed E-state index contributed by atoms with van der Waals surface area (Å²) >= 11 is 2.83. The molecule has 0 saturated carbocycles. The zero-order chi connectivity index (χ0) is 14.8. The second-order valence-electron chi connectivity index (χ2n) is 3.96. The van der Waals surface area contributed by atoms with Crippen molar-refractivity contribution in [1.29, 1.82) is 0 Å². The Kier molecular flexibility index (Phi) is 4.56. The number of hydrogen-bond donors (Lipinski definition) is 1. The van der Waals surface area contributed by atoms with Gasteiger partial charge in [0.2, 0.25) is 0 Å². The van der Waals surface area contributed by atoms with Gasteiger partial charge in [0.15, 0.2) is 15.0 Å². The van der Waals surface area contributed by atoms with Crippen molar-refractivity contribution in [3.05, 3.63) is 30.3 Å². The predicted molar refractivity (Wildman–Crippen MR) is 81.9 cm³/mol. The van der Waals surface area contributed by atoms with Gasteiger partial charge in [-0.05, 0) is 30.5 Å². The molecule has 8 heteroatoms. The van der Waals surface area contributed by atoms with Gasteiger partial charge in [0, 0.05) is 17.2 Å². The molecule has 2 rings (SSSR count). The van der Waals surface area contributed by atoms with Gasteiger partial charge < -0.3 is 5.73 Å². The van der Waals surface area contributed by atoms with Crippen LogP contribution in [-0.2, 0) is 9.84 Å². The van der Waals surface area contributed by atoms with Crippen LogP contribution < -0.4 is 5.73 Å². The molecule has 0 spiro atoms. The highest BCUT2D eigenvalue weighted by Gasteiger charge is 2.08. The van der Waals surface area contributed by atoms with Crippen molar-refractivity contribution >= 4 is 39.2 Å². The number of anilines is 1. The minimum absolute atomic E-state index is 0.300. The van der Waals surface area contributed by atoms with Gasteiger partial charge in [-0.2, -0.15) is 0 Å². The van der Waals surface area contributed by atoms with Gasteiger partial charge in [0.25, 0.3) is 0 Å². The average molecular weight is 327 g/mol. The lowest BCUT2D eigenvalue weighted by Gasteiger charge is -2.05. The Morgan fingerprint density at radius 2 is 1.80 bits per heavy atom. The first-order chi connectivity index (χ1) is 9.38. The Balaban J connectivity index is 2.24. The van der Waals surface area contributed by atoms with Gasteiger partial charge in [-0.3, -0.25) is 0 Å². The Labute approximate surface area is 126 Å². The van der Waals surface area contributed by atoms with Crippen LogP contribution in [0.15, 0.2) is 50.3 Å². The normalized spacial score (nSPS) is 11.5. The molecule has 0 aliphatic carbocycles. The highest BCUT2D eigenvalue weighted by atomic mass is 32.2. The van der Waals surface area contributed by atoms with E-state index < -0.39 is 9.84 Å². The zero-order valence-electron chi connectivity index (χ0n) is 10.9. The van der Waals surface area contributed by atoms with Crippen molar-refractivity contribution in [2.24, 2.45) is 0 Å². The molecule has 0 unspecified atom stereocenters. The third-order valence-electron chi connectivity index (χ3n) is 2.36. The highest BCUT2D eigenvalue weighted by molar-refractivity contribution is 7.99. The summed E-state index contributed by atoms with van der Waals surface area (Å²) in [6.07, 6.45) is 3.06. The number of nitrogen functional groups attached to an aromatic ring is 1. The van der Waals surface area contributed by atoms with E-state index >= 15 is 0 Å². The summed E-state index contributed by atoms with van der Waals surface area (Å²) < 4.78 is 22.8. The Morgan fingerprint density at radius 3 is 2.35 bits per heavy atom. The van der Waals surface area contributed by atoms with Crippen LogP contribution in [0, 0.1) is 0 Å². The minimum Gasteiger partial charge on any atom is -0.384 e. The molecular weight excluding hydrogens is 314 g/mol. The molecule has 5 nitrogen and oxygen atoms in total.